The molecule has 4 aromatic rings. The van der Waals surface area contributed by atoms with Crippen LogP contribution in [0.1, 0.15) is 17.3 Å². The van der Waals surface area contributed by atoms with Crippen molar-refractivity contribution in [2.24, 2.45) is 0 Å². The van der Waals surface area contributed by atoms with Crippen molar-refractivity contribution in [2.75, 3.05) is 12.4 Å². The Hall–Kier alpha value is -3.94. The SMILES string of the molecule is COc1cc2c(cc1NC(=O)[C@H](C)OC(=O)c1ccc(F)cc1F)oc1ccccc12. The molecule has 158 valence electrons. The zero-order chi connectivity index (χ0) is 22.1. The Bertz CT molecular complexity index is 1310. The van der Waals surface area contributed by atoms with Crippen molar-refractivity contribution in [2.45, 2.75) is 13.0 Å². The fraction of sp³-hybridized carbons (Fsp3) is 0.130. The molecule has 1 atom stereocenters. The number of nitrogens with one attached hydrogen (secondary N) is 1. The smallest absolute Gasteiger partial charge is 0.341 e. The third kappa shape index (κ3) is 3.92. The Labute approximate surface area is 175 Å². The van der Waals surface area contributed by atoms with Gasteiger partial charge in [-0.15, -0.1) is 0 Å². The molecule has 0 fully saturated rings. The van der Waals surface area contributed by atoms with Crippen LogP contribution >= 0.6 is 0 Å². The highest BCUT2D eigenvalue weighted by atomic mass is 19.1. The van der Waals surface area contributed by atoms with Gasteiger partial charge in [0.15, 0.2) is 6.10 Å². The summed E-state index contributed by atoms with van der Waals surface area (Å²) in [4.78, 5) is 24.7. The van der Waals surface area contributed by atoms with Crippen LogP contribution in [0, 0.1) is 11.6 Å². The number of hydrogen-bond donors (Lipinski definition) is 1. The second-order valence-corrected chi connectivity index (χ2v) is 6.81. The Morgan fingerprint density at radius 1 is 1.00 bits per heavy atom. The molecule has 0 aliphatic heterocycles. The largest absolute Gasteiger partial charge is 0.495 e. The fourth-order valence-corrected chi connectivity index (χ4v) is 3.18. The molecule has 0 saturated heterocycles. The molecule has 0 unspecified atom stereocenters. The van der Waals surface area contributed by atoms with Crippen molar-refractivity contribution in [1.29, 1.82) is 0 Å². The van der Waals surface area contributed by atoms with E-state index in [1.165, 1.54) is 14.0 Å². The first-order valence-corrected chi connectivity index (χ1v) is 9.33. The van der Waals surface area contributed by atoms with E-state index >= 15 is 0 Å². The van der Waals surface area contributed by atoms with Crippen LogP contribution in [0.15, 0.2) is 59.0 Å². The van der Waals surface area contributed by atoms with Gasteiger partial charge in [-0.2, -0.15) is 0 Å². The maximum absolute atomic E-state index is 13.8. The summed E-state index contributed by atoms with van der Waals surface area (Å²) in [6.07, 6.45) is -1.26. The van der Waals surface area contributed by atoms with Gasteiger partial charge >= 0.3 is 5.97 Å². The van der Waals surface area contributed by atoms with Gasteiger partial charge < -0.3 is 19.2 Å². The maximum atomic E-state index is 13.8. The summed E-state index contributed by atoms with van der Waals surface area (Å²) in [6, 6.07) is 13.3. The van der Waals surface area contributed by atoms with Crippen molar-refractivity contribution in [3.8, 4) is 5.75 Å². The molecule has 8 heteroatoms. The van der Waals surface area contributed by atoms with E-state index < -0.39 is 35.2 Å². The Morgan fingerprint density at radius 3 is 2.52 bits per heavy atom. The average Bonchev–Trinajstić information content (AvgIpc) is 3.10. The highest BCUT2D eigenvalue weighted by Gasteiger charge is 2.23. The van der Waals surface area contributed by atoms with Crippen molar-refractivity contribution in [3.63, 3.8) is 0 Å². The van der Waals surface area contributed by atoms with E-state index in [2.05, 4.69) is 5.32 Å². The number of rotatable bonds is 5. The molecule has 0 bridgehead atoms. The van der Waals surface area contributed by atoms with Crippen LogP contribution in [0.2, 0.25) is 0 Å². The summed E-state index contributed by atoms with van der Waals surface area (Å²) in [7, 11) is 1.46. The van der Waals surface area contributed by atoms with Crippen molar-refractivity contribution < 1.29 is 32.3 Å². The van der Waals surface area contributed by atoms with Gasteiger partial charge in [0.25, 0.3) is 5.91 Å². The number of amides is 1. The number of fused-ring (bicyclic) bond motifs is 3. The fourth-order valence-electron chi connectivity index (χ4n) is 3.18. The van der Waals surface area contributed by atoms with Gasteiger partial charge in [-0.05, 0) is 31.2 Å². The Kier molecular flexibility index (Phi) is 5.29. The molecule has 6 nitrogen and oxygen atoms in total. The van der Waals surface area contributed by atoms with Gasteiger partial charge in [-0.1, -0.05) is 18.2 Å². The Morgan fingerprint density at radius 2 is 1.77 bits per heavy atom. The van der Waals surface area contributed by atoms with Gasteiger partial charge in [0.1, 0.15) is 28.5 Å². The van der Waals surface area contributed by atoms with Crippen molar-refractivity contribution >= 4 is 39.5 Å². The molecule has 4 rings (SSSR count). The number of carbonyl (C=O) groups excluding carboxylic acids is 2. The predicted octanol–water partition coefficient (Wildman–Crippen LogP) is 5.06. The molecule has 1 aromatic heterocycles. The molecule has 1 N–H and O–H groups in total. The van der Waals surface area contributed by atoms with E-state index in [1.807, 2.05) is 24.3 Å². The van der Waals surface area contributed by atoms with Crippen LogP contribution in [0.25, 0.3) is 21.9 Å². The molecule has 1 heterocycles. The first kappa shape index (κ1) is 20.3. The number of halogens is 2. The van der Waals surface area contributed by atoms with E-state index in [1.54, 1.807) is 12.1 Å². The lowest BCUT2D eigenvalue weighted by Crippen LogP contribution is -2.30. The number of ether oxygens (including phenoxy) is 2. The van der Waals surface area contributed by atoms with Gasteiger partial charge in [0.2, 0.25) is 0 Å². The number of methoxy groups -OCH3 is 1. The highest BCUT2D eigenvalue weighted by molar-refractivity contribution is 6.08. The first-order valence-electron chi connectivity index (χ1n) is 9.33. The molecule has 0 radical (unpaired) electrons. The third-order valence-electron chi connectivity index (χ3n) is 4.76. The molecule has 0 spiro atoms. The monoisotopic (exact) mass is 425 g/mol. The van der Waals surface area contributed by atoms with Crippen molar-refractivity contribution in [3.05, 3.63) is 71.8 Å². The zero-order valence-electron chi connectivity index (χ0n) is 16.6. The number of benzene rings is 3. The maximum Gasteiger partial charge on any atom is 0.341 e. The van der Waals surface area contributed by atoms with Crippen LogP contribution < -0.4 is 10.1 Å². The van der Waals surface area contributed by atoms with Crippen LogP contribution in [0.3, 0.4) is 0 Å². The topological polar surface area (TPSA) is 77.8 Å². The van der Waals surface area contributed by atoms with Crippen molar-refractivity contribution in [1.82, 2.24) is 0 Å². The lowest BCUT2D eigenvalue weighted by Gasteiger charge is -2.15. The van der Waals surface area contributed by atoms with Crippen LogP contribution in [0.5, 0.6) is 5.75 Å². The summed E-state index contributed by atoms with van der Waals surface area (Å²) < 4.78 is 43.0. The van der Waals surface area contributed by atoms with E-state index in [4.69, 9.17) is 13.9 Å². The zero-order valence-corrected chi connectivity index (χ0v) is 16.6. The third-order valence-corrected chi connectivity index (χ3v) is 4.76. The molecule has 0 aliphatic carbocycles. The van der Waals surface area contributed by atoms with Gasteiger partial charge in [0.05, 0.1) is 18.4 Å². The lowest BCUT2D eigenvalue weighted by atomic mass is 10.1. The van der Waals surface area contributed by atoms with Gasteiger partial charge in [0, 0.05) is 22.9 Å². The standard InChI is InChI=1S/C23H17F2NO5/c1-12(30-23(28)15-8-7-13(24)9-17(15)25)22(27)26-18-11-20-16(10-21(18)29-2)14-5-3-4-6-19(14)31-20/h3-12H,1-2H3,(H,26,27)/t12-/m0/s1. The summed E-state index contributed by atoms with van der Waals surface area (Å²) in [5.74, 6) is -3.26. The summed E-state index contributed by atoms with van der Waals surface area (Å²) in [5, 5.41) is 4.34. The van der Waals surface area contributed by atoms with E-state index in [0.29, 0.717) is 28.7 Å². The highest BCUT2D eigenvalue weighted by Crippen LogP contribution is 2.36. The molecule has 1 amide bonds. The first-order chi connectivity index (χ1) is 14.9. The molecular formula is C23H17F2NO5. The predicted molar refractivity (Wildman–Crippen MR) is 110 cm³/mol. The molecular weight excluding hydrogens is 408 g/mol. The molecule has 0 aliphatic rings. The van der Waals surface area contributed by atoms with Crippen LogP contribution in [0.4, 0.5) is 14.5 Å². The van der Waals surface area contributed by atoms with Crippen LogP contribution in [-0.4, -0.2) is 25.1 Å². The lowest BCUT2D eigenvalue weighted by molar-refractivity contribution is -0.123. The number of carbonyl (C=O) groups is 2. The van der Waals surface area contributed by atoms with Gasteiger partial charge in [-0.3, -0.25) is 4.79 Å². The minimum absolute atomic E-state index is 0.315. The molecule has 0 saturated carbocycles. The number of hydrogen-bond acceptors (Lipinski definition) is 5. The second-order valence-electron chi connectivity index (χ2n) is 6.81. The van der Waals surface area contributed by atoms with Gasteiger partial charge in [-0.25, -0.2) is 13.6 Å². The average molecular weight is 425 g/mol. The Balaban J connectivity index is 1.55. The summed E-state index contributed by atoms with van der Waals surface area (Å²) in [6.45, 7) is 1.33. The summed E-state index contributed by atoms with van der Waals surface area (Å²) >= 11 is 0. The number of esters is 1. The van der Waals surface area contributed by atoms with E-state index in [0.717, 1.165) is 22.9 Å². The number of para-hydroxylation sites is 1. The van der Waals surface area contributed by atoms with E-state index in [-0.39, 0.29) is 0 Å². The number of furan rings is 1. The van der Waals surface area contributed by atoms with Crippen LogP contribution in [-0.2, 0) is 9.53 Å². The second kappa shape index (κ2) is 8.06. The van der Waals surface area contributed by atoms with E-state index in [9.17, 15) is 18.4 Å². The number of anilines is 1. The normalized spacial score (nSPS) is 12.0. The minimum Gasteiger partial charge on any atom is -0.495 e. The molecule has 31 heavy (non-hydrogen) atoms. The minimum atomic E-state index is -1.26. The quantitative estimate of drug-likeness (QED) is 0.453. The molecule has 3 aromatic carbocycles. The summed E-state index contributed by atoms with van der Waals surface area (Å²) in [5.41, 5.74) is 1.07.